The molecule has 0 saturated heterocycles. The van der Waals surface area contributed by atoms with Gasteiger partial charge >= 0.3 is 5.91 Å². The number of benzene rings is 1. The fourth-order valence-corrected chi connectivity index (χ4v) is 2.01. The molecule has 0 bridgehead atoms. The van der Waals surface area contributed by atoms with Gasteiger partial charge in [-0.15, -0.1) is 0 Å². The standard InChI is InChI=1S/C14H16ClN3O2/c1-18(8-10-2-4-11(15)5-3-10)9-12-6-7-13(20-12)14(19)17-16/h2-7H,8-9,16H2,1H3,(H,17,19). The molecule has 0 saturated carbocycles. The minimum absolute atomic E-state index is 0.211. The molecule has 1 heterocycles. The summed E-state index contributed by atoms with van der Waals surface area (Å²) >= 11 is 5.85. The van der Waals surface area contributed by atoms with Gasteiger partial charge in [0.1, 0.15) is 5.76 Å². The van der Waals surface area contributed by atoms with E-state index >= 15 is 0 Å². The van der Waals surface area contributed by atoms with Crippen LogP contribution in [0, 0.1) is 0 Å². The van der Waals surface area contributed by atoms with Crippen LogP contribution in [0.3, 0.4) is 0 Å². The summed E-state index contributed by atoms with van der Waals surface area (Å²) in [4.78, 5) is 13.4. The van der Waals surface area contributed by atoms with Crippen molar-refractivity contribution < 1.29 is 9.21 Å². The molecular formula is C14H16ClN3O2. The number of nitrogens with one attached hydrogen (secondary N) is 1. The van der Waals surface area contributed by atoms with Crippen molar-refractivity contribution in [2.75, 3.05) is 7.05 Å². The monoisotopic (exact) mass is 293 g/mol. The summed E-state index contributed by atoms with van der Waals surface area (Å²) in [5.41, 5.74) is 3.19. The fourth-order valence-electron chi connectivity index (χ4n) is 1.88. The van der Waals surface area contributed by atoms with E-state index in [2.05, 4.69) is 4.90 Å². The molecule has 1 amide bonds. The van der Waals surface area contributed by atoms with E-state index < -0.39 is 5.91 Å². The van der Waals surface area contributed by atoms with Crippen LogP contribution in [0.4, 0.5) is 0 Å². The van der Waals surface area contributed by atoms with Gasteiger partial charge in [-0.05, 0) is 36.9 Å². The maximum absolute atomic E-state index is 11.3. The fraction of sp³-hybridized carbons (Fsp3) is 0.214. The summed E-state index contributed by atoms with van der Waals surface area (Å²) in [5.74, 6) is 5.53. The molecule has 1 aromatic heterocycles. The third-order valence-electron chi connectivity index (χ3n) is 2.81. The summed E-state index contributed by atoms with van der Waals surface area (Å²) < 4.78 is 5.41. The minimum atomic E-state index is -0.434. The normalized spacial score (nSPS) is 10.8. The molecule has 2 aromatic rings. The van der Waals surface area contributed by atoms with Crippen LogP contribution in [0.1, 0.15) is 21.9 Å². The highest BCUT2D eigenvalue weighted by atomic mass is 35.5. The van der Waals surface area contributed by atoms with Gasteiger partial charge in [-0.25, -0.2) is 5.84 Å². The van der Waals surface area contributed by atoms with E-state index in [1.165, 1.54) is 0 Å². The van der Waals surface area contributed by atoms with E-state index in [9.17, 15) is 4.79 Å². The van der Waals surface area contributed by atoms with Crippen molar-refractivity contribution in [1.82, 2.24) is 10.3 Å². The Morgan fingerprint density at radius 2 is 1.95 bits per heavy atom. The number of hydrogen-bond acceptors (Lipinski definition) is 4. The SMILES string of the molecule is CN(Cc1ccc(Cl)cc1)Cc1ccc(C(=O)NN)o1. The summed E-state index contributed by atoms with van der Waals surface area (Å²) in [6.07, 6.45) is 0. The number of carbonyl (C=O) groups is 1. The van der Waals surface area contributed by atoms with Crippen LogP contribution in [0.25, 0.3) is 0 Å². The van der Waals surface area contributed by atoms with E-state index in [4.69, 9.17) is 21.9 Å². The number of nitrogens with two attached hydrogens (primary N) is 1. The Morgan fingerprint density at radius 1 is 1.25 bits per heavy atom. The molecule has 2 rings (SSSR count). The number of hydrogen-bond donors (Lipinski definition) is 2. The topological polar surface area (TPSA) is 71.5 Å². The van der Waals surface area contributed by atoms with Gasteiger partial charge in [0.2, 0.25) is 0 Å². The summed E-state index contributed by atoms with van der Waals surface area (Å²) in [7, 11) is 1.97. The summed E-state index contributed by atoms with van der Waals surface area (Å²) in [5, 5.41) is 0.722. The van der Waals surface area contributed by atoms with Crippen LogP contribution < -0.4 is 11.3 Å². The van der Waals surface area contributed by atoms with Gasteiger partial charge in [0, 0.05) is 11.6 Å². The van der Waals surface area contributed by atoms with Crippen molar-refractivity contribution in [3.63, 3.8) is 0 Å². The predicted molar refractivity (Wildman–Crippen MR) is 77.0 cm³/mol. The van der Waals surface area contributed by atoms with Gasteiger partial charge < -0.3 is 4.42 Å². The van der Waals surface area contributed by atoms with E-state index in [0.29, 0.717) is 12.3 Å². The molecule has 1 aromatic carbocycles. The first kappa shape index (κ1) is 14.6. The molecule has 0 fully saturated rings. The molecule has 20 heavy (non-hydrogen) atoms. The van der Waals surface area contributed by atoms with Crippen molar-refractivity contribution in [2.45, 2.75) is 13.1 Å². The van der Waals surface area contributed by atoms with Gasteiger partial charge in [0.15, 0.2) is 5.76 Å². The van der Waals surface area contributed by atoms with Crippen LogP contribution in [0.15, 0.2) is 40.8 Å². The number of nitrogen functional groups attached to an aromatic ring is 1. The molecule has 0 aliphatic rings. The number of rotatable bonds is 5. The lowest BCUT2D eigenvalue weighted by Gasteiger charge is -2.15. The second kappa shape index (κ2) is 6.56. The Labute approximate surface area is 122 Å². The number of halogens is 1. The number of hydrazine groups is 1. The van der Waals surface area contributed by atoms with Crippen molar-refractivity contribution in [3.05, 3.63) is 58.5 Å². The van der Waals surface area contributed by atoms with Crippen LogP contribution in [0.2, 0.25) is 5.02 Å². The van der Waals surface area contributed by atoms with Gasteiger partial charge in [0.05, 0.1) is 6.54 Å². The zero-order chi connectivity index (χ0) is 14.5. The van der Waals surface area contributed by atoms with Gasteiger partial charge in [-0.3, -0.25) is 15.1 Å². The predicted octanol–water partition coefficient (Wildman–Crippen LogP) is 2.17. The molecule has 6 heteroatoms. The van der Waals surface area contributed by atoms with Crippen LogP contribution >= 0.6 is 11.6 Å². The minimum Gasteiger partial charge on any atom is -0.455 e. The summed E-state index contributed by atoms with van der Waals surface area (Å²) in [6, 6.07) is 11.1. The molecular weight excluding hydrogens is 278 g/mol. The van der Waals surface area contributed by atoms with Crippen molar-refractivity contribution in [2.24, 2.45) is 5.84 Å². The average Bonchev–Trinajstić information content (AvgIpc) is 2.89. The molecule has 106 valence electrons. The van der Waals surface area contributed by atoms with Crippen molar-refractivity contribution in [1.29, 1.82) is 0 Å². The van der Waals surface area contributed by atoms with Gasteiger partial charge in [-0.1, -0.05) is 23.7 Å². The molecule has 0 atom stereocenters. The number of furan rings is 1. The van der Waals surface area contributed by atoms with Crippen molar-refractivity contribution in [3.8, 4) is 0 Å². The molecule has 0 aliphatic carbocycles. The molecule has 0 unspecified atom stereocenters. The number of nitrogens with zero attached hydrogens (tertiary/aromatic N) is 1. The number of amides is 1. The smallest absolute Gasteiger partial charge is 0.300 e. The first-order valence-electron chi connectivity index (χ1n) is 6.11. The molecule has 0 aliphatic heterocycles. The maximum atomic E-state index is 11.3. The Bertz CT molecular complexity index is 580. The Balaban J connectivity index is 1.94. The zero-order valence-corrected chi connectivity index (χ0v) is 11.9. The zero-order valence-electron chi connectivity index (χ0n) is 11.1. The van der Waals surface area contributed by atoms with Gasteiger partial charge in [0.25, 0.3) is 0 Å². The molecule has 0 spiro atoms. The third kappa shape index (κ3) is 3.84. The second-order valence-electron chi connectivity index (χ2n) is 4.54. The Kier molecular flexibility index (Phi) is 4.79. The average molecular weight is 294 g/mol. The van der Waals surface area contributed by atoms with E-state index in [1.54, 1.807) is 12.1 Å². The number of carbonyl (C=O) groups excluding carboxylic acids is 1. The quantitative estimate of drug-likeness (QED) is 0.503. The summed E-state index contributed by atoms with van der Waals surface area (Å²) in [6.45, 7) is 1.36. The van der Waals surface area contributed by atoms with E-state index in [-0.39, 0.29) is 5.76 Å². The first-order chi connectivity index (χ1) is 9.58. The lowest BCUT2D eigenvalue weighted by molar-refractivity contribution is 0.0922. The van der Waals surface area contributed by atoms with Crippen LogP contribution in [0.5, 0.6) is 0 Å². The highest BCUT2D eigenvalue weighted by molar-refractivity contribution is 6.30. The first-order valence-corrected chi connectivity index (χ1v) is 6.49. The lowest BCUT2D eigenvalue weighted by atomic mass is 10.2. The Morgan fingerprint density at radius 3 is 2.60 bits per heavy atom. The van der Waals surface area contributed by atoms with E-state index in [1.807, 2.05) is 36.7 Å². The largest absolute Gasteiger partial charge is 0.455 e. The second-order valence-corrected chi connectivity index (χ2v) is 4.97. The molecule has 0 radical (unpaired) electrons. The third-order valence-corrected chi connectivity index (χ3v) is 3.06. The molecule has 5 nitrogen and oxygen atoms in total. The highest BCUT2D eigenvalue weighted by Gasteiger charge is 2.11. The van der Waals surface area contributed by atoms with Crippen LogP contribution in [-0.4, -0.2) is 17.9 Å². The lowest BCUT2D eigenvalue weighted by Crippen LogP contribution is -2.29. The Hall–Kier alpha value is -1.82. The van der Waals surface area contributed by atoms with Crippen molar-refractivity contribution >= 4 is 17.5 Å². The van der Waals surface area contributed by atoms with Gasteiger partial charge in [-0.2, -0.15) is 0 Å². The highest BCUT2D eigenvalue weighted by Crippen LogP contribution is 2.14. The maximum Gasteiger partial charge on any atom is 0.300 e. The van der Waals surface area contributed by atoms with E-state index in [0.717, 1.165) is 17.1 Å². The molecule has 3 N–H and O–H groups in total. The van der Waals surface area contributed by atoms with Crippen LogP contribution in [-0.2, 0) is 13.1 Å².